The number of carbonyl (C=O) groups is 2. The minimum atomic E-state index is -0.908. The molecule has 236 valence electrons. The second-order valence-corrected chi connectivity index (χ2v) is 11.6. The van der Waals surface area contributed by atoms with E-state index in [1.165, 1.54) is 13.2 Å². The number of nitrogens with zero attached hydrogens (tertiary/aromatic N) is 2. The number of rotatable bonds is 10. The number of amides is 2. The van der Waals surface area contributed by atoms with Gasteiger partial charge in [0, 0.05) is 45.5 Å². The average molecular weight is 618 g/mol. The quantitative estimate of drug-likeness (QED) is 0.368. The Hall–Kier alpha value is -3.05. The third-order valence-electron chi connectivity index (χ3n) is 8.97. The van der Waals surface area contributed by atoms with E-state index in [-0.39, 0.29) is 35.9 Å². The summed E-state index contributed by atoms with van der Waals surface area (Å²) in [6, 6.07) is 11.6. The summed E-state index contributed by atoms with van der Waals surface area (Å²) in [7, 11) is 1.53. The van der Waals surface area contributed by atoms with Crippen LogP contribution in [0.4, 0.5) is 0 Å². The van der Waals surface area contributed by atoms with E-state index in [1.807, 2.05) is 24.3 Å². The summed E-state index contributed by atoms with van der Waals surface area (Å²) >= 11 is 0. The van der Waals surface area contributed by atoms with E-state index in [2.05, 4.69) is 17.1 Å². The molecule has 5 rings (SSSR count). The maximum Gasteiger partial charge on any atom is 0.248 e. The molecule has 2 aromatic rings. The van der Waals surface area contributed by atoms with Crippen molar-refractivity contribution >= 4 is 24.2 Å². The molecule has 3 aliphatic rings. The van der Waals surface area contributed by atoms with Crippen LogP contribution in [-0.4, -0.2) is 89.5 Å². The second kappa shape index (κ2) is 14.6. The molecular formula is C32H44ClN3O7. The Kier molecular flexibility index (Phi) is 11.2. The highest BCUT2D eigenvalue weighted by molar-refractivity contribution is 6.00. The number of ether oxygens (including phenoxy) is 3. The number of unbranched alkanes of at least 4 members (excludes halogenated alkanes) is 1. The van der Waals surface area contributed by atoms with Gasteiger partial charge in [-0.25, -0.2) is 0 Å². The average Bonchev–Trinajstić information content (AvgIpc) is 3.02. The zero-order valence-corrected chi connectivity index (χ0v) is 25.8. The van der Waals surface area contributed by atoms with Crippen molar-refractivity contribution in [3.05, 3.63) is 48.0 Å². The number of carbonyl (C=O) groups excluding carboxylic acids is 2. The molecule has 3 heterocycles. The maximum absolute atomic E-state index is 13.8. The standard InChI is InChI=1S/C32H43N3O7.ClH/c1-3-4-15-35-30(38)28(29(37)23-11-18-41-19-12-23)33-31(39)32(35)13-16-34(17-14-32)21-22-5-8-25(9-6-22)42-26-10-7-24(36)20-27(26)40-2;/h5-10,20,23,28-29,36-37H,3-4,11-19,21H2,1-2H3,(H,33,39);1H/t28-,29-;/m1./s1. The van der Waals surface area contributed by atoms with Crippen LogP contribution >= 0.6 is 12.4 Å². The van der Waals surface area contributed by atoms with Crippen molar-refractivity contribution in [3.63, 3.8) is 0 Å². The zero-order valence-electron chi connectivity index (χ0n) is 25.0. The van der Waals surface area contributed by atoms with E-state index >= 15 is 0 Å². The number of hydrogen-bond acceptors (Lipinski definition) is 8. The minimum absolute atomic E-state index is 0. The van der Waals surface area contributed by atoms with Crippen molar-refractivity contribution < 1.29 is 34.0 Å². The van der Waals surface area contributed by atoms with Gasteiger partial charge in [0.2, 0.25) is 11.8 Å². The Morgan fingerprint density at radius 2 is 1.77 bits per heavy atom. The molecule has 3 aliphatic heterocycles. The number of piperidine rings is 1. The summed E-state index contributed by atoms with van der Waals surface area (Å²) in [6.45, 7) is 5.81. The third-order valence-corrected chi connectivity index (χ3v) is 8.97. The van der Waals surface area contributed by atoms with Crippen molar-refractivity contribution in [3.8, 4) is 23.0 Å². The van der Waals surface area contributed by atoms with Crippen molar-refractivity contribution in [2.24, 2.45) is 5.92 Å². The predicted molar refractivity (Wildman–Crippen MR) is 164 cm³/mol. The molecule has 0 saturated carbocycles. The van der Waals surface area contributed by atoms with Gasteiger partial charge in [-0.3, -0.25) is 14.5 Å². The summed E-state index contributed by atoms with van der Waals surface area (Å²) in [5, 5.41) is 23.7. The van der Waals surface area contributed by atoms with Crippen molar-refractivity contribution in [1.29, 1.82) is 0 Å². The molecule has 0 radical (unpaired) electrons. The molecule has 11 heteroatoms. The molecule has 2 aromatic carbocycles. The molecular weight excluding hydrogens is 574 g/mol. The van der Waals surface area contributed by atoms with Gasteiger partial charge in [0.15, 0.2) is 11.5 Å². The summed E-state index contributed by atoms with van der Waals surface area (Å²) in [4.78, 5) is 31.6. The van der Waals surface area contributed by atoms with Gasteiger partial charge in [-0.2, -0.15) is 0 Å². The molecule has 3 fully saturated rings. The first-order valence-corrected chi connectivity index (χ1v) is 15.1. The molecule has 0 bridgehead atoms. The maximum atomic E-state index is 13.8. The van der Waals surface area contributed by atoms with Crippen LogP contribution in [0.5, 0.6) is 23.0 Å². The summed E-state index contributed by atoms with van der Waals surface area (Å²) in [5.41, 5.74) is 0.234. The van der Waals surface area contributed by atoms with Crippen LogP contribution in [0.3, 0.4) is 0 Å². The summed E-state index contributed by atoms with van der Waals surface area (Å²) in [6.07, 6.45) is 3.30. The molecule has 2 amide bonds. The van der Waals surface area contributed by atoms with Crippen molar-refractivity contribution in [2.45, 2.75) is 69.7 Å². The van der Waals surface area contributed by atoms with Crippen LogP contribution in [0, 0.1) is 5.92 Å². The second-order valence-electron chi connectivity index (χ2n) is 11.6. The fourth-order valence-corrected chi connectivity index (χ4v) is 6.41. The van der Waals surface area contributed by atoms with E-state index in [1.54, 1.807) is 17.0 Å². The van der Waals surface area contributed by atoms with Gasteiger partial charge in [-0.05, 0) is 67.9 Å². The van der Waals surface area contributed by atoms with Crippen molar-refractivity contribution in [2.75, 3.05) is 40.0 Å². The normalized spacial score (nSPS) is 21.7. The Morgan fingerprint density at radius 1 is 1.07 bits per heavy atom. The van der Waals surface area contributed by atoms with Gasteiger partial charge >= 0.3 is 0 Å². The number of phenols is 1. The highest BCUT2D eigenvalue weighted by Crippen LogP contribution is 2.37. The highest BCUT2D eigenvalue weighted by Gasteiger charge is 2.55. The monoisotopic (exact) mass is 617 g/mol. The van der Waals surface area contributed by atoms with Crippen LogP contribution in [0.1, 0.15) is 51.0 Å². The Balaban J connectivity index is 0.00000423. The summed E-state index contributed by atoms with van der Waals surface area (Å²) < 4.78 is 16.7. The Morgan fingerprint density at radius 3 is 2.42 bits per heavy atom. The topological polar surface area (TPSA) is 121 Å². The fraction of sp³-hybridized carbons (Fsp3) is 0.562. The predicted octanol–water partition coefficient (Wildman–Crippen LogP) is 3.86. The molecule has 2 atom stereocenters. The lowest BCUT2D eigenvalue weighted by molar-refractivity contribution is -0.166. The first kappa shape index (κ1) is 32.9. The van der Waals surface area contributed by atoms with Gasteiger partial charge in [-0.15, -0.1) is 12.4 Å². The number of piperazine rings is 1. The molecule has 10 nitrogen and oxygen atoms in total. The van der Waals surface area contributed by atoms with E-state index in [0.717, 1.165) is 18.4 Å². The molecule has 1 spiro atoms. The molecule has 0 unspecified atom stereocenters. The van der Waals surface area contributed by atoms with Gasteiger partial charge < -0.3 is 34.6 Å². The highest BCUT2D eigenvalue weighted by atomic mass is 35.5. The molecule has 3 saturated heterocycles. The number of nitrogens with one attached hydrogen (secondary N) is 1. The number of methoxy groups -OCH3 is 1. The molecule has 0 aromatic heterocycles. The largest absolute Gasteiger partial charge is 0.508 e. The number of halogens is 1. The lowest BCUT2D eigenvalue weighted by atomic mass is 9.79. The number of benzene rings is 2. The van der Waals surface area contributed by atoms with Crippen LogP contribution < -0.4 is 14.8 Å². The lowest BCUT2D eigenvalue weighted by Crippen LogP contribution is -2.75. The molecule has 0 aliphatic carbocycles. The van der Waals surface area contributed by atoms with Crippen LogP contribution in [-0.2, 0) is 20.9 Å². The Bertz CT molecular complexity index is 1230. The number of hydrogen-bond donors (Lipinski definition) is 3. The van der Waals surface area contributed by atoms with Crippen LogP contribution in [0.15, 0.2) is 42.5 Å². The van der Waals surface area contributed by atoms with E-state index in [4.69, 9.17) is 14.2 Å². The fourth-order valence-electron chi connectivity index (χ4n) is 6.41. The summed E-state index contributed by atoms with van der Waals surface area (Å²) in [5.74, 6) is 1.37. The van der Waals surface area contributed by atoms with Crippen LogP contribution in [0.2, 0.25) is 0 Å². The first-order valence-electron chi connectivity index (χ1n) is 15.1. The van der Waals surface area contributed by atoms with E-state index < -0.39 is 17.7 Å². The number of aromatic hydroxyl groups is 1. The lowest BCUT2D eigenvalue weighted by Gasteiger charge is -2.52. The number of aliphatic hydroxyl groups excluding tert-OH is 1. The van der Waals surface area contributed by atoms with Gasteiger partial charge in [-0.1, -0.05) is 25.5 Å². The first-order chi connectivity index (χ1) is 20.3. The smallest absolute Gasteiger partial charge is 0.248 e. The number of phenolic OH excluding ortho intramolecular Hbond substituents is 1. The molecule has 43 heavy (non-hydrogen) atoms. The number of aliphatic hydroxyl groups is 1. The minimum Gasteiger partial charge on any atom is -0.508 e. The van der Waals surface area contributed by atoms with Gasteiger partial charge in [0.25, 0.3) is 0 Å². The van der Waals surface area contributed by atoms with Crippen molar-refractivity contribution in [1.82, 2.24) is 15.1 Å². The SMILES string of the molecule is CCCCN1C(=O)[C@@H]([C@H](O)C2CCOCC2)NC(=O)C12CCN(Cc1ccc(Oc3ccc(O)cc3OC)cc1)CC2.Cl. The van der Waals surface area contributed by atoms with E-state index in [0.29, 0.717) is 82.3 Å². The number of likely N-dealkylation sites (tertiary alicyclic amines) is 1. The zero-order chi connectivity index (χ0) is 29.7. The third kappa shape index (κ3) is 7.20. The van der Waals surface area contributed by atoms with Crippen LogP contribution in [0.25, 0.3) is 0 Å². The van der Waals surface area contributed by atoms with E-state index in [9.17, 15) is 19.8 Å². The van der Waals surface area contributed by atoms with Gasteiger partial charge in [0.05, 0.1) is 13.2 Å². The Labute approximate surface area is 259 Å². The van der Waals surface area contributed by atoms with Gasteiger partial charge in [0.1, 0.15) is 23.1 Å². The molecule has 3 N–H and O–H groups in total.